The fourth-order valence-corrected chi connectivity index (χ4v) is 2.70. The molecule has 3 aromatic rings. The highest BCUT2D eigenvalue weighted by molar-refractivity contribution is 5.94. The van der Waals surface area contributed by atoms with Crippen LogP contribution in [0.5, 0.6) is 5.75 Å². The molecular formula is C21H21FN2O4. The molecule has 0 N–H and O–H groups in total. The van der Waals surface area contributed by atoms with Crippen LogP contribution in [0.15, 0.2) is 59.1 Å². The van der Waals surface area contributed by atoms with Crippen molar-refractivity contribution >= 4 is 5.91 Å². The molecule has 7 heteroatoms. The predicted octanol–water partition coefficient (Wildman–Crippen LogP) is 3.78. The Labute approximate surface area is 162 Å². The van der Waals surface area contributed by atoms with Gasteiger partial charge in [0.15, 0.2) is 5.76 Å². The van der Waals surface area contributed by atoms with E-state index in [-0.39, 0.29) is 18.3 Å². The number of carbonyl (C=O) groups is 1. The number of hydrogen-bond donors (Lipinski definition) is 0. The lowest BCUT2D eigenvalue weighted by molar-refractivity contribution is 0.0676. The molecule has 1 amide bonds. The largest absolute Gasteiger partial charge is 0.497 e. The normalized spacial score (nSPS) is 10.7. The van der Waals surface area contributed by atoms with Crippen molar-refractivity contribution in [1.29, 1.82) is 0 Å². The number of carbonyl (C=O) groups excluding carboxylic acids is 1. The molecule has 0 aliphatic rings. The smallest absolute Gasteiger partial charge is 0.254 e. The van der Waals surface area contributed by atoms with E-state index in [2.05, 4.69) is 5.16 Å². The Morgan fingerprint density at radius 2 is 1.82 bits per heavy atom. The van der Waals surface area contributed by atoms with Crippen molar-refractivity contribution in [2.45, 2.75) is 6.54 Å². The van der Waals surface area contributed by atoms with E-state index in [4.69, 9.17) is 14.0 Å². The summed E-state index contributed by atoms with van der Waals surface area (Å²) in [5.41, 5.74) is 1.86. The third-order valence-corrected chi connectivity index (χ3v) is 4.23. The molecular weight excluding hydrogens is 363 g/mol. The Bertz CT molecular complexity index is 907. The minimum atomic E-state index is -0.388. The van der Waals surface area contributed by atoms with E-state index >= 15 is 0 Å². The molecule has 0 aliphatic carbocycles. The molecule has 0 fully saturated rings. The molecule has 0 aliphatic heterocycles. The van der Waals surface area contributed by atoms with Gasteiger partial charge in [-0.2, -0.15) is 0 Å². The van der Waals surface area contributed by atoms with E-state index in [0.29, 0.717) is 30.2 Å². The molecule has 1 aromatic heterocycles. The average Bonchev–Trinajstić information content (AvgIpc) is 3.20. The molecule has 0 spiro atoms. The number of benzene rings is 2. The van der Waals surface area contributed by atoms with Gasteiger partial charge in [0.05, 0.1) is 20.3 Å². The zero-order valence-corrected chi connectivity index (χ0v) is 15.7. The number of halogens is 1. The van der Waals surface area contributed by atoms with Gasteiger partial charge in [-0.25, -0.2) is 4.39 Å². The highest BCUT2D eigenvalue weighted by Crippen LogP contribution is 2.23. The van der Waals surface area contributed by atoms with Gasteiger partial charge in [-0.05, 0) is 48.5 Å². The minimum Gasteiger partial charge on any atom is -0.497 e. The van der Waals surface area contributed by atoms with E-state index in [1.165, 1.54) is 24.3 Å². The van der Waals surface area contributed by atoms with Crippen molar-refractivity contribution in [3.8, 4) is 17.1 Å². The average molecular weight is 384 g/mol. The van der Waals surface area contributed by atoms with Crippen LogP contribution in [0.3, 0.4) is 0 Å². The summed E-state index contributed by atoms with van der Waals surface area (Å²) in [5.74, 6) is 0.726. The number of ether oxygens (including phenoxy) is 2. The van der Waals surface area contributed by atoms with Crippen molar-refractivity contribution in [2.75, 3.05) is 27.4 Å². The molecule has 1 heterocycles. The maximum atomic E-state index is 13.1. The quantitative estimate of drug-likeness (QED) is 0.591. The van der Waals surface area contributed by atoms with Crippen LogP contribution in [0.25, 0.3) is 11.3 Å². The Kier molecular flexibility index (Phi) is 6.39. The second kappa shape index (κ2) is 9.14. The monoisotopic (exact) mass is 384 g/mol. The summed E-state index contributed by atoms with van der Waals surface area (Å²) in [4.78, 5) is 14.4. The lowest BCUT2D eigenvalue weighted by atomic mass is 10.1. The topological polar surface area (TPSA) is 64.8 Å². The van der Waals surface area contributed by atoms with Gasteiger partial charge < -0.3 is 18.9 Å². The summed E-state index contributed by atoms with van der Waals surface area (Å²) >= 11 is 0. The number of methoxy groups -OCH3 is 2. The second-order valence-electron chi connectivity index (χ2n) is 6.14. The van der Waals surface area contributed by atoms with E-state index in [1.807, 2.05) is 24.3 Å². The first-order chi connectivity index (χ1) is 13.6. The maximum Gasteiger partial charge on any atom is 0.254 e. The molecule has 0 saturated heterocycles. The first-order valence-electron chi connectivity index (χ1n) is 8.74. The third kappa shape index (κ3) is 4.75. The van der Waals surface area contributed by atoms with Gasteiger partial charge in [-0.3, -0.25) is 4.79 Å². The summed E-state index contributed by atoms with van der Waals surface area (Å²) in [6, 6.07) is 14.6. The van der Waals surface area contributed by atoms with E-state index in [1.54, 1.807) is 25.2 Å². The number of hydrogen-bond acceptors (Lipinski definition) is 5. The summed E-state index contributed by atoms with van der Waals surface area (Å²) in [6.45, 7) is 0.993. The molecule has 0 saturated carbocycles. The summed E-state index contributed by atoms with van der Waals surface area (Å²) in [6.07, 6.45) is 0. The molecule has 0 atom stereocenters. The highest BCUT2D eigenvalue weighted by atomic mass is 19.1. The molecule has 3 rings (SSSR count). The van der Waals surface area contributed by atoms with Gasteiger partial charge >= 0.3 is 0 Å². The molecule has 2 aromatic carbocycles. The molecule has 0 unspecified atom stereocenters. The molecule has 28 heavy (non-hydrogen) atoms. The zero-order valence-electron chi connectivity index (χ0n) is 15.7. The van der Waals surface area contributed by atoms with Crippen LogP contribution >= 0.6 is 0 Å². The fraction of sp³-hybridized carbons (Fsp3) is 0.238. The van der Waals surface area contributed by atoms with Crippen molar-refractivity contribution in [1.82, 2.24) is 10.1 Å². The lowest BCUT2D eigenvalue weighted by Gasteiger charge is -2.21. The summed E-state index contributed by atoms with van der Waals surface area (Å²) in [7, 11) is 3.17. The van der Waals surface area contributed by atoms with Gasteiger partial charge in [-0.15, -0.1) is 0 Å². The van der Waals surface area contributed by atoms with Crippen LogP contribution in [0.1, 0.15) is 16.1 Å². The third-order valence-electron chi connectivity index (χ3n) is 4.23. The van der Waals surface area contributed by atoms with Crippen molar-refractivity contribution < 1.29 is 23.2 Å². The predicted molar refractivity (Wildman–Crippen MR) is 102 cm³/mol. The SMILES string of the molecule is COCCN(Cc1cc(-c2ccc(OC)cc2)on1)C(=O)c1ccc(F)cc1. The summed E-state index contributed by atoms with van der Waals surface area (Å²) in [5, 5.41) is 4.07. The number of amides is 1. The van der Waals surface area contributed by atoms with Crippen LogP contribution in [-0.4, -0.2) is 43.3 Å². The molecule has 6 nitrogen and oxygen atoms in total. The first-order valence-corrected chi connectivity index (χ1v) is 8.74. The van der Waals surface area contributed by atoms with E-state index in [0.717, 1.165) is 11.3 Å². The standard InChI is InChI=1S/C21H21FN2O4/c1-26-12-11-24(21(25)16-3-7-17(22)8-4-16)14-18-13-20(28-23-18)15-5-9-19(27-2)10-6-15/h3-10,13H,11-12,14H2,1-2H3. The molecule has 146 valence electrons. The number of rotatable bonds is 8. The zero-order chi connectivity index (χ0) is 19.9. The lowest BCUT2D eigenvalue weighted by Crippen LogP contribution is -2.33. The van der Waals surface area contributed by atoms with Crippen LogP contribution in [0.4, 0.5) is 4.39 Å². The van der Waals surface area contributed by atoms with Crippen molar-refractivity contribution in [3.63, 3.8) is 0 Å². The molecule has 0 bridgehead atoms. The van der Waals surface area contributed by atoms with Crippen molar-refractivity contribution in [2.24, 2.45) is 0 Å². The minimum absolute atomic E-state index is 0.231. The van der Waals surface area contributed by atoms with Gasteiger partial charge in [0.2, 0.25) is 0 Å². The van der Waals surface area contributed by atoms with Gasteiger partial charge in [0.1, 0.15) is 17.3 Å². The Morgan fingerprint density at radius 3 is 2.46 bits per heavy atom. The van der Waals surface area contributed by atoms with Crippen LogP contribution < -0.4 is 4.74 Å². The van der Waals surface area contributed by atoms with Crippen LogP contribution in [0, 0.1) is 5.82 Å². The summed E-state index contributed by atoms with van der Waals surface area (Å²) < 4.78 is 28.8. The highest BCUT2D eigenvalue weighted by Gasteiger charge is 2.18. The van der Waals surface area contributed by atoms with Crippen molar-refractivity contribution in [3.05, 3.63) is 71.7 Å². The Morgan fingerprint density at radius 1 is 1.11 bits per heavy atom. The Hall–Kier alpha value is -3.19. The molecule has 0 radical (unpaired) electrons. The Balaban J connectivity index is 1.76. The first kappa shape index (κ1) is 19.6. The van der Waals surface area contributed by atoms with Gasteiger partial charge in [0, 0.05) is 30.8 Å². The van der Waals surface area contributed by atoms with E-state index < -0.39 is 0 Å². The fourth-order valence-electron chi connectivity index (χ4n) is 2.70. The number of aromatic nitrogens is 1. The van der Waals surface area contributed by atoms with Gasteiger partial charge in [0.25, 0.3) is 5.91 Å². The van der Waals surface area contributed by atoms with E-state index in [9.17, 15) is 9.18 Å². The van der Waals surface area contributed by atoms with Crippen LogP contribution in [0.2, 0.25) is 0 Å². The van der Waals surface area contributed by atoms with Gasteiger partial charge in [-0.1, -0.05) is 5.16 Å². The second-order valence-corrected chi connectivity index (χ2v) is 6.14. The number of nitrogens with zero attached hydrogens (tertiary/aromatic N) is 2. The maximum absolute atomic E-state index is 13.1. The van der Waals surface area contributed by atoms with Crippen LogP contribution in [-0.2, 0) is 11.3 Å².